The summed E-state index contributed by atoms with van der Waals surface area (Å²) in [5, 5.41) is 0. The average molecular weight is 236 g/mol. The van der Waals surface area contributed by atoms with E-state index in [1.54, 1.807) is 0 Å². The molecule has 1 unspecified atom stereocenters. The van der Waals surface area contributed by atoms with Gasteiger partial charge in [0.2, 0.25) is 0 Å². The molecule has 3 nitrogen and oxygen atoms in total. The van der Waals surface area contributed by atoms with E-state index in [0.29, 0.717) is 6.61 Å². The molecule has 3 N–H and O–H groups in total. The van der Waals surface area contributed by atoms with Crippen molar-refractivity contribution in [3.63, 3.8) is 0 Å². The number of hydrogen-bond acceptors (Lipinski definition) is 3. The molecule has 0 amide bonds. The van der Waals surface area contributed by atoms with Crippen LogP contribution in [0.5, 0.6) is 0 Å². The maximum Gasteiger partial charge on any atom is 0.0792 e. The summed E-state index contributed by atoms with van der Waals surface area (Å²) in [7, 11) is 0. The summed E-state index contributed by atoms with van der Waals surface area (Å²) in [5.74, 6) is 5.62. The van der Waals surface area contributed by atoms with Crippen molar-refractivity contribution in [1.82, 2.24) is 5.43 Å². The third-order valence-electron chi connectivity index (χ3n) is 3.12. The van der Waals surface area contributed by atoms with Gasteiger partial charge in [0.15, 0.2) is 0 Å². The van der Waals surface area contributed by atoms with Gasteiger partial charge in [0.25, 0.3) is 0 Å². The first-order chi connectivity index (χ1) is 8.10. The van der Waals surface area contributed by atoms with Crippen LogP contribution in [0.15, 0.2) is 30.3 Å². The number of nitrogens with one attached hydrogen (secondary N) is 1. The number of hydrogen-bond donors (Lipinski definition) is 2. The second kappa shape index (κ2) is 6.74. The molecule has 96 valence electrons. The first kappa shape index (κ1) is 14.2. The number of nitrogens with two attached hydrogens (primary N) is 1. The van der Waals surface area contributed by atoms with Gasteiger partial charge in [-0.1, -0.05) is 30.3 Å². The van der Waals surface area contributed by atoms with E-state index in [2.05, 4.69) is 43.5 Å². The molecule has 1 atom stereocenters. The van der Waals surface area contributed by atoms with Crippen LogP contribution in [0.4, 0.5) is 0 Å². The van der Waals surface area contributed by atoms with Crippen LogP contribution < -0.4 is 11.3 Å². The molecule has 0 saturated heterocycles. The van der Waals surface area contributed by atoms with Crippen molar-refractivity contribution < 1.29 is 4.74 Å². The van der Waals surface area contributed by atoms with Gasteiger partial charge in [0, 0.05) is 12.6 Å². The van der Waals surface area contributed by atoms with E-state index in [1.807, 2.05) is 13.0 Å². The molecule has 3 heteroatoms. The molecule has 0 saturated carbocycles. The fraction of sp³-hybridized carbons (Fsp3) is 0.571. The van der Waals surface area contributed by atoms with Crippen LogP contribution in [-0.2, 0) is 11.2 Å². The van der Waals surface area contributed by atoms with Gasteiger partial charge < -0.3 is 4.74 Å². The second-order valence-electron chi connectivity index (χ2n) is 4.78. The largest absolute Gasteiger partial charge is 0.374 e. The predicted octanol–water partition coefficient (Wildman–Crippen LogP) is 2.27. The summed E-state index contributed by atoms with van der Waals surface area (Å²) in [5.41, 5.74) is 3.97. The normalized spacial score (nSPS) is 13.6. The topological polar surface area (TPSA) is 47.3 Å². The molecule has 0 heterocycles. The lowest BCUT2D eigenvalue weighted by Gasteiger charge is -2.33. The molecule has 0 aliphatic rings. The zero-order valence-corrected chi connectivity index (χ0v) is 11.1. The van der Waals surface area contributed by atoms with E-state index in [4.69, 9.17) is 10.6 Å². The van der Waals surface area contributed by atoms with Crippen LogP contribution in [0.3, 0.4) is 0 Å². The molecule has 1 aromatic rings. The van der Waals surface area contributed by atoms with Crippen LogP contribution in [0.25, 0.3) is 0 Å². The maximum absolute atomic E-state index is 5.73. The van der Waals surface area contributed by atoms with Crippen molar-refractivity contribution in [2.45, 2.75) is 45.3 Å². The van der Waals surface area contributed by atoms with Crippen LogP contribution >= 0.6 is 0 Å². The van der Waals surface area contributed by atoms with Gasteiger partial charge in [-0.2, -0.15) is 0 Å². The highest BCUT2D eigenvalue weighted by atomic mass is 16.5. The Bertz CT molecular complexity index is 311. The van der Waals surface area contributed by atoms with E-state index in [9.17, 15) is 0 Å². The summed E-state index contributed by atoms with van der Waals surface area (Å²) in [6, 6.07) is 10.6. The van der Waals surface area contributed by atoms with Crippen LogP contribution in [0.1, 0.15) is 32.8 Å². The Morgan fingerprint density at radius 1 is 1.29 bits per heavy atom. The number of benzene rings is 1. The van der Waals surface area contributed by atoms with Crippen LogP contribution in [0, 0.1) is 0 Å². The van der Waals surface area contributed by atoms with Crippen LogP contribution in [-0.4, -0.2) is 18.2 Å². The minimum absolute atomic E-state index is 0.155. The molecule has 0 bridgehead atoms. The SMILES string of the molecule is CCOC(C)(C)C(CCc1ccccc1)NN. The molecule has 0 radical (unpaired) electrons. The molecule has 1 rings (SSSR count). The van der Waals surface area contributed by atoms with Gasteiger partial charge in [0.05, 0.1) is 5.60 Å². The lowest BCUT2D eigenvalue weighted by Crippen LogP contribution is -2.51. The van der Waals surface area contributed by atoms with E-state index < -0.39 is 0 Å². The molecule has 0 spiro atoms. The molecular weight excluding hydrogens is 212 g/mol. The highest BCUT2D eigenvalue weighted by Gasteiger charge is 2.28. The minimum atomic E-state index is -0.238. The summed E-state index contributed by atoms with van der Waals surface area (Å²) in [6.45, 7) is 6.86. The van der Waals surface area contributed by atoms with Crippen molar-refractivity contribution in [1.29, 1.82) is 0 Å². The Morgan fingerprint density at radius 2 is 1.94 bits per heavy atom. The molecule has 0 aliphatic carbocycles. The van der Waals surface area contributed by atoms with Crippen molar-refractivity contribution in [3.8, 4) is 0 Å². The predicted molar refractivity (Wildman–Crippen MR) is 71.6 cm³/mol. The van der Waals surface area contributed by atoms with E-state index >= 15 is 0 Å². The summed E-state index contributed by atoms with van der Waals surface area (Å²) >= 11 is 0. The average Bonchev–Trinajstić information content (AvgIpc) is 2.30. The number of hydrazine groups is 1. The van der Waals surface area contributed by atoms with Crippen LogP contribution in [0.2, 0.25) is 0 Å². The van der Waals surface area contributed by atoms with E-state index in [-0.39, 0.29) is 11.6 Å². The van der Waals surface area contributed by atoms with Crippen molar-refractivity contribution >= 4 is 0 Å². The smallest absolute Gasteiger partial charge is 0.0792 e. The maximum atomic E-state index is 5.73. The fourth-order valence-corrected chi connectivity index (χ4v) is 2.06. The first-order valence-electron chi connectivity index (χ1n) is 6.24. The quantitative estimate of drug-likeness (QED) is 0.564. The molecular formula is C14H24N2O. The van der Waals surface area contributed by atoms with Gasteiger partial charge in [-0.25, -0.2) is 0 Å². The standard InChI is InChI=1S/C14H24N2O/c1-4-17-14(2,3)13(16-15)11-10-12-8-6-5-7-9-12/h5-9,13,16H,4,10-11,15H2,1-3H3. The molecule has 1 aromatic carbocycles. The monoisotopic (exact) mass is 236 g/mol. The Balaban J connectivity index is 2.53. The Hall–Kier alpha value is -0.900. The minimum Gasteiger partial charge on any atom is -0.374 e. The lowest BCUT2D eigenvalue weighted by molar-refractivity contribution is -0.0400. The third-order valence-corrected chi connectivity index (χ3v) is 3.12. The van der Waals surface area contributed by atoms with Gasteiger partial charge in [-0.15, -0.1) is 0 Å². The number of rotatable bonds is 7. The number of aryl methyl sites for hydroxylation is 1. The van der Waals surface area contributed by atoms with E-state index in [1.165, 1.54) is 5.56 Å². The highest BCUT2D eigenvalue weighted by molar-refractivity contribution is 5.15. The molecule has 17 heavy (non-hydrogen) atoms. The molecule has 0 fully saturated rings. The van der Waals surface area contributed by atoms with Gasteiger partial charge in [0.1, 0.15) is 0 Å². The Labute approximate surface area is 104 Å². The van der Waals surface area contributed by atoms with Crippen molar-refractivity contribution in [3.05, 3.63) is 35.9 Å². The summed E-state index contributed by atoms with van der Waals surface area (Å²) < 4.78 is 5.73. The van der Waals surface area contributed by atoms with Crippen molar-refractivity contribution in [2.75, 3.05) is 6.61 Å². The van der Waals surface area contributed by atoms with Gasteiger partial charge in [-0.05, 0) is 39.2 Å². The number of ether oxygens (including phenoxy) is 1. The highest BCUT2D eigenvalue weighted by Crippen LogP contribution is 2.19. The molecule has 0 aliphatic heterocycles. The van der Waals surface area contributed by atoms with E-state index in [0.717, 1.165) is 12.8 Å². The Kier molecular flexibility index (Phi) is 5.62. The Morgan fingerprint density at radius 3 is 2.47 bits per heavy atom. The fourth-order valence-electron chi connectivity index (χ4n) is 2.06. The zero-order valence-electron chi connectivity index (χ0n) is 11.1. The van der Waals surface area contributed by atoms with Gasteiger partial charge in [-0.3, -0.25) is 11.3 Å². The molecule has 0 aromatic heterocycles. The van der Waals surface area contributed by atoms with Gasteiger partial charge >= 0.3 is 0 Å². The summed E-state index contributed by atoms with van der Waals surface area (Å²) in [6.07, 6.45) is 1.97. The van der Waals surface area contributed by atoms with Crippen molar-refractivity contribution in [2.24, 2.45) is 5.84 Å². The first-order valence-corrected chi connectivity index (χ1v) is 6.24. The lowest BCUT2D eigenvalue weighted by atomic mass is 9.93. The summed E-state index contributed by atoms with van der Waals surface area (Å²) in [4.78, 5) is 0. The second-order valence-corrected chi connectivity index (χ2v) is 4.78. The third kappa shape index (κ3) is 4.46. The zero-order chi connectivity index (χ0) is 12.7.